The van der Waals surface area contributed by atoms with Crippen LogP contribution in [0.25, 0.3) is 0 Å². The van der Waals surface area contributed by atoms with Crippen molar-refractivity contribution in [3.05, 3.63) is 0 Å². The van der Waals surface area contributed by atoms with Crippen LogP contribution in [0.2, 0.25) is 0 Å². The van der Waals surface area contributed by atoms with Gasteiger partial charge in [-0.15, -0.1) is 0 Å². The molecule has 0 amide bonds. The lowest BCUT2D eigenvalue weighted by atomic mass is 10.0. The zero-order valence-electron chi connectivity index (χ0n) is 9.38. The van der Waals surface area contributed by atoms with Gasteiger partial charge in [-0.3, -0.25) is 0 Å². The van der Waals surface area contributed by atoms with Crippen LogP contribution >= 0.6 is 15.9 Å². The van der Waals surface area contributed by atoms with Crippen LogP contribution in [0, 0.1) is 0 Å². The molecule has 2 unspecified atom stereocenters. The van der Waals surface area contributed by atoms with Crippen molar-refractivity contribution < 1.29 is 9.47 Å². The monoisotopic (exact) mass is 264 g/mol. The van der Waals surface area contributed by atoms with E-state index in [0.29, 0.717) is 12.2 Å². The zero-order chi connectivity index (χ0) is 10.6. The van der Waals surface area contributed by atoms with E-state index in [-0.39, 0.29) is 0 Å². The highest BCUT2D eigenvalue weighted by molar-refractivity contribution is 9.09. The summed E-state index contributed by atoms with van der Waals surface area (Å²) in [7, 11) is 0. The van der Waals surface area contributed by atoms with Crippen molar-refractivity contribution in [1.29, 1.82) is 0 Å². The van der Waals surface area contributed by atoms with Gasteiger partial charge in [0, 0.05) is 5.33 Å². The van der Waals surface area contributed by atoms with Gasteiger partial charge >= 0.3 is 0 Å². The maximum absolute atomic E-state index is 5.85. The number of rotatable bonds is 4. The summed E-state index contributed by atoms with van der Waals surface area (Å²) < 4.78 is 11.5. The minimum absolute atomic E-state index is 0.327. The molecule has 0 saturated carbocycles. The lowest BCUT2D eigenvalue weighted by molar-refractivity contribution is -0.296. The van der Waals surface area contributed by atoms with Crippen molar-refractivity contribution in [2.24, 2.45) is 0 Å². The molecule has 0 bridgehead atoms. The number of ether oxygens (including phenoxy) is 2. The van der Waals surface area contributed by atoms with Gasteiger partial charge in [0.15, 0.2) is 5.79 Å². The van der Waals surface area contributed by atoms with Crippen LogP contribution in [-0.2, 0) is 9.47 Å². The second-order valence-electron chi connectivity index (χ2n) is 4.49. The van der Waals surface area contributed by atoms with Gasteiger partial charge in [0.2, 0.25) is 0 Å². The molecular weight excluding hydrogens is 244 g/mol. The van der Waals surface area contributed by atoms with Crippen LogP contribution in [0.1, 0.15) is 46.5 Å². The lowest BCUT2D eigenvalue weighted by Crippen LogP contribution is -2.43. The molecule has 0 N–H and O–H groups in total. The zero-order valence-corrected chi connectivity index (χ0v) is 11.0. The van der Waals surface area contributed by atoms with Crippen LogP contribution in [0.5, 0.6) is 0 Å². The van der Waals surface area contributed by atoms with Gasteiger partial charge in [-0.2, -0.15) is 0 Å². The largest absolute Gasteiger partial charge is 0.347 e. The summed E-state index contributed by atoms with van der Waals surface area (Å²) in [6, 6.07) is 0. The molecule has 14 heavy (non-hydrogen) atoms. The first-order chi connectivity index (χ1) is 6.53. The third kappa shape index (κ3) is 4.28. The number of hydrogen-bond donors (Lipinski definition) is 0. The number of unbranched alkanes of at least 4 members (excludes halogenated alkanes) is 1. The predicted octanol–water partition coefficient (Wildman–Crippen LogP) is 3.48. The van der Waals surface area contributed by atoms with Gasteiger partial charge in [-0.25, -0.2) is 0 Å². The highest BCUT2D eigenvalue weighted by atomic mass is 79.9. The molecule has 1 aliphatic heterocycles. The molecule has 2 nitrogen and oxygen atoms in total. The molecule has 0 spiro atoms. The molecular formula is C11H21BrO2. The molecule has 84 valence electrons. The molecule has 2 atom stereocenters. The Bertz CT molecular complexity index is 171. The molecule has 0 aromatic heterocycles. The van der Waals surface area contributed by atoms with Crippen LogP contribution in [0.4, 0.5) is 0 Å². The standard InChI is InChI=1S/C11H21BrO2/c1-9-8-10(6-4-5-7-12)14-11(2,3)13-9/h9-10H,4-8H2,1-3H3. The Morgan fingerprint density at radius 3 is 2.57 bits per heavy atom. The summed E-state index contributed by atoms with van der Waals surface area (Å²) in [5, 5.41) is 1.09. The second-order valence-corrected chi connectivity index (χ2v) is 5.28. The number of hydrogen-bond acceptors (Lipinski definition) is 2. The second kappa shape index (κ2) is 5.47. The molecule has 0 radical (unpaired) electrons. The van der Waals surface area contributed by atoms with Crippen LogP contribution in [0.3, 0.4) is 0 Å². The maximum atomic E-state index is 5.85. The number of alkyl halides is 1. The molecule has 3 heteroatoms. The van der Waals surface area contributed by atoms with Crippen molar-refractivity contribution in [1.82, 2.24) is 0 Å². The minimum Gasteiger partial charge on any atom is -0.347 e. The van der Waals surface area contributed by atoms with Gasteiger partial charge in [0.1, 0.15) is 0 Å². The normalized spacial score (nSPS) is 31.7. The van der Waals surface area contributed by atoms with E-state index in [1.165, 1.54) is 12.8 Å². The molecule has 1 aliphatic rings. The Labute approximate surface area is 95.5 Å². The molecule has 1 rings (SSSR count). The smallest absolute Gasteiger partial charge is 0.163 e. The quantitative estimate of drug-likeness (QED) is 0.572. The summed E-state index contributed by atoms with van der Waals surface area (Å²) in [4.78, 5) is 0. The highest BCUT2D eigenvalue weighted by Crippen LogP contribution is 2.28. The van der Waals surface area contributed by atoms with E-state index in [1.54, 1.807) is 0 Å². The van der Waals surface area contributed by atoms with Crippen molar-refractivity contribution in [2.45, 2.75) is 64.4 Å². The van der Waals surface area contributed by atoms with Crippen LogP contribution in [-0.4, -0.2) is 23.3 Å². The van der Waals surface area contributed by atoms with E-state index < -0.39 is 5.79 Å². The Hall–Kier alpha value is 0.400. The Kier molecular flexibility index (Phi) is 4.88. The first kappa shape index (κ1) is 12.5. The van der Waals surface area contributed by atoms with Gasteiger partial charge in [-0.05, 0) is 40.0 Å². The lowest BCUT2D eigenvalue weighted by Gasteiger charge is -2.39. The topological polar surface area (TPSA) is 18.5 Å². The van der Waals surface area contributed by atoms with E-state index >= 15 is 0 Å². The molecule has 0 aromatic rings. The average molecular weight is 265 g/mol. The summed E-state index contributed by atoms with van der Waals surface area (Å²) in [5.74, 6) is -0.392. The van der Waals surface area contributed by atoms with Gasteiger partial charge in [-0.1, -0.05) is 22.4 Å². The summed E-state index contributed by atoms with van der Waals surface area (Å²) in [6.07, 6.45) is 5.36. The van der Waals surface area contributed by atoms with Crippen molar-refractivity contribution in [2.75, 3.05) is 5.33 Å². The fourth-order valence-electron chi connectivity index (χ4n) is 2.02. The van der Waals surface area contributed by atoms with Crippen molar-refractivity contribution in [3.63, 3.8) is 0 Å². The maximum Gasteiger partial charge on any atom is 0.163 e. The molecule has 0 aromatic carbocycles. The van der Waals surface area contributed by atoms with E-state index in [0.717, 1.165) is 18.2 Å². The van der Waals surface area contributed by atoms with E-state index in [9.17, 15) is 0 Å². The Morgan fingerprint density at radius 2 is 2.00 bits per heavy atom. The minimum atomic E-state index is -0.392. The van der Waals surface area contributed by atoms with Crippen LogP contribution < -0.4 is 0 Å². The fraction of sp³-hybridized carbons (Fsp3) is 1.00. The molecule has 1 fully saturated rings. The SMILES string of the molecule is CC1CC(CCCCBr)OC(C)(C)O1. The Morgan fingerprint density at radius 1 is 1.29 bits per heavy atom. The molecule has 0 aliphatic carbocycles. The first-order valence-electron chi connectivity index (χ1n) is 5.45. The fourth-order valence-corrected chi connectivity index (χ4v) is 2.42. The molecule has 1 saturated heterocycles. The van der Waals surface area contributed by atoms with E-state index in [4.69, 9.17) is 9.47 Å². The first-order valence-corrected chi connectivity index (χ1v) is 6.57. The van der Waals surface area contributed by atoms with Gasteiger partial charge in [0.05, 0.1) is 12.2 Å². The van der Waals surface area contributed by atoms with Crippen LogP contribution in [0.15, 0.2) is 0 Å². The third-order valence-corrected chi connectivity index (χ3v) is 3.00. The summed E-state index contributed by atoms with van der Waals surface area (Å²) >= 11 is 3.44. The third-order valence-electron chi connectivity index (χ3n) is 2.44. The number of halogens is 1. The Balaban J connectivity index is 2.30. The average Bonchev–Trinajstić information content (AvgIpc) is 2.00. The summed E-state index contributed by atoms with van der Waals surface area (Å²) in [6.45, 7) is 6.13. The van der Waals surface area contributed by atoms with Crippen molar-refractivity contribution in [3.8, 4) is 0 Å². The van der Waals surface area contributed by atoms with Gasteiger partial charge in [0.25, 0.3) is 0 Å². The van der Waals surface area contributed by atoms with Gasteiger partial charge < -0.3 is 9.47 Å². The van der Waals surface area contributed by atoms with E-state index in [2.05, 4.69) is 22.9 Å². The molecule has 1 heterocycles. The van der Waals surface area contributed by atoms with E-state index in [1.807, 2.05) is 13.8 Å². The predicted molar refractivity (Wildman–Crippen MR) is 61.8 cm³/mol. The highest BCUT2D eigenvalue weighted by Gasteiger charge is 2.32. The van der Waals surface area contributed by atoms with Crippen molar-refractivity contribution >= 4 is 15.9 Å². The summed E-state index contributed by atoms with van der Waals surface area (Å²) in [5.41, 5.74) is 0.